The van der Waals surface area contributed by atoms with Crippen molar-refractivity contribution in [1.29, 1.82) is 0 Å². The standard InChI is InChI=1S/C35H47N5O3/c1-22-12-16-37-20-28(22)21-40(29-8-10-31(43-7)11-9-29)30-14-18-39(19-15-30)23(2)13-17-38-35(42)33-26(5)24(3)32(34(36)41)25(4)27(33)6/h8-12,16,20,23,30H,13-15,17-19,21H2,1-7H3,(H2,36,41)(H,38,42). The summed E-state index contributed by atoms with van der Waals surface area (Å²) in [6.45, 7) is 15.3. The first-order chi connectivity index (χ1) is 20.5. The number of piperidine rings is 1. The molecule has 1 aliphatic rings. The number of likely N-dealkylation sites (tertiary alicyclic amines) is 1. The summed E-state index contributed by atoms with van der Waals surface area (Å²) in [5, 5.41) is 3.14. The minimum atomic E-state index is -0.454. The molecule has 3 aromatic rings. The fraction of sp³-hybridized carbons (Fsp3) is 0.457. The molecule has 3 N–H and O–H groups in total. The zero-order valence-electron chi connectivity index (χ0n) is 26.8. The summed E-state index contributed by atoms with van der Waals surface area (Å²) >= 11 is 0. The maximum Gasteiger partial charge on any atom is 0.251 e. The van der Waals surface area contributed by atoms with E-state index < -0.39 is 5.91 Å². The number of aromatic nitrogens is 1. The summed E-state index contributed by atoms with van der Waals surface area (Å²) in [6.07, 6.45) is 6.82. The van der Waals surface area contributed by atoms with Gasteiger partial charge in [-0.15, -0.1) is 0 Å². The number of carbonyl (C=O) groups excluding carboxylic acids is 2. The van der Waals surface area contributed by atoms with E-state index in [9.17, 15) is 9.59 Å². The normalized spacial score (nSPS) is 14.8. The van der Waals surface area contributed by atoms with Crippen molar-refractivity contribution in [3.63, 3.8) is 0 Å². The van der Waals surface area contributed by atoms with Gasteiger partial charge in [-0.2, -0.15) is 0 Å². The first kappa shape index (κ1) is 32.0. The van der Waals surface area contributed by atoms with Crippen molar-refractivity contribution in [3.8, 4) is 5.75 Å². The van der Waals surface area contributed by atoms with Crippen LogP contribution in [0, 0.1) is 34.6 Å². The highest BCUT2D eigenvalue weighted by Gasteiger charge is 2.28. The largest absolute Gasteiger partial charge is 0.497 e. The Morgan fingerprint density at radius 2 is 1.60 bits per heavy atom. The lowest BCUT2D eigenvalue weighted by molar-refractivity contribution is 0.0940. The Kier molecular flexibility index (Phi) is 10.5. The van der Waals surface area contributed by atoms with Crippen LogP contribution in [-0.2, 0) is 6.54 Å². The molecule has 2 heterocycles. The Hall–Kier alpha value is -3.91. The maximum atomic E-state index is 13.2. The van der Waals surface area contributed by atoms with E-state index in [-0.39, 0.29) is 5.91 Å². The molecule has 8 nitrogen and oxygen atoms in total. The average Bonchev–Trinajstić information content (AvgIpc) is 3.00. The first-order valence-corrected chi connectivity index (χ1v) is 15.3. The third-order valence-electron chi connectivity index (χ3n) is 9.40. The molecule has 2 amide bonds. The van der Waals surface area contributed by atoms with Crippen LogP contribution in [0.15, 0.2) is 42.7 Å². The van der Waals surface area contributed by atoms with Gasteiger partial charge in [0.25, 0.3) is 5.91 Å². The molecule has 43 heavy (non-hydrogen) atoms. The van der Waals surface area contributed by atoms with E-state index >= 15 is 0 Å². The van der Waals surface area contributed by atoms with Crippen molar-refractivity contribution in [2.24, 2.45) is 5.73 Å². The molecule has 0 radical (unpaired) electrons. The van der Waals surface area contributed by atoms with E-state index in [1.807, 2.05) is 52.2 Å². The number of rotatable bonds is 11. The van der Waals surface area contributed by atoms with Gasteiger partial charge in [0.05, 0.1) is 7.11 Å². The highest BCUT2D eigenvalue weighted by Crippen LogP contribution is 2.29. The number of benzene rings is 2. The van der Waals surface area contributed by atoms with Gasteiger partial charge in [0, 0.05) is 67.5 Å². The molecular weight excluding hydrogens is 538 g/mol. The Morgan fingerprint density at radius 1 is 1.00 bits per heavy atom. The average molecular weight is 586 g/mol. The molecule has 1 fully saturated rings. The third kappa shape index (κ3) is 7.19. The van der Waals surface area contributed by atoms with Crippen molar-refractivity contribution in [1.82, 2.24) is 15.2 Å². The molecule has 1 atom stereocenters. The molecule has 2 aromatic carbocycles. The predicted molar refractivity (Wildman–Crippen MR) is 173 cm³/mol. The zero-order valence-corrected chi connectivity index (χ0v) is 26.8. The number of nitrogens with zero attached hydrogens (tertiary/aromatic N) is 3. The van der Waals surface area contributed by atoms with Crippen LogP contribution in [-0.4, -0.2) is 60.5 Å². The first-order valence-electron chi connectivity index (χ1n) is 15.3. The molecular formula is C35H47N5O3. The van der Waals surface area contributed by atoms with Crippen LogP contribution in [0.25, 0.3) is 0 Å². The molecule has 0 saturated carbocycles. The van der Waals surface area contributed by atoms with Crippen molar-refractivity contribution < 1.29 is 14.3 Å². The molecule has 8 heteroatoms. The van der Waals surface area contributed by atoms with Gasteiger partial charge >= 0.3 is 0 Å². The Bertz CT molecular complexity index is 1420. The van der Waals surface area contributed by atoms with Crippen LogP contribution in [0.2, 0.25) is 0 Å². The minimum absolute atomic E-state index is 0.0936. The number of aryl methyl sites for hydroxylation is 1. The summed E-state index contributed by atoms with van der Waals surface area (Å²) in [4.78, 5) is 34.7. The van der Waals surface area contributed by atoms with Gasteiger partial charge < -0.3 is 25.6 Å². The van der Waals surface area contributed by atoms with Gasteiger partial charge in [-0.25, -0.2) is 0 Å². The van der Waals surface area contributed by atoms with E-state index in [4.69, 9.17) is 10.5 Å². The van der Waals surface area contributed by atoms with Crippen LogP contribution in [0.5, 0.6) is 5.75 Å². The summed E-state index contributed by atoms with van der Waals surface area (Å²) in [7, 11) is 1.70. The van der Waals surface area contributed by atoms with Gasteiger partial charge in [-0.1, -0.05) is 0 Å². The maximum absolute atomic E-state index is 13.2. The van der Waals surface area contributed by atoms with Gasteiger partial charge in [0.15, 0.2) is 0 Å². The fourth-order valence-electron chi connectivity index (χ4n) is 6.38. The monoisotopic (exact) mass is 585 g/mol. The topological polar surface area (TPSA) is 101 Å². The number of anilines is 1. The second-order valence-corrected chi connectivity index (χ2v) is 11.9. The van der Waals surface area contributed by atoms with Crippen LogP contribution >= 0.6 is 0 Å². The second-order valence-electron chi connectivity index (χ2n) is 11.9. The quantitative estimate of drug-likeness (QED) is 0.312. The van der Waals surface area contributed by atoms with Crippen LogP contribution in [0.3, 0.4) is 0 Å². The highest BCUT2D eigenvalue weighted by molar-refractivity contribution is 6.02. The van der Waals surface area contributed by atoms with Gasteiger partial charge in [0.2, 0.25) is 5.91 Å². The van der Waals surface area contributed by atoms with Crippen molar-refractivity contribution in [2.45, 2.75) is 79.4 Å². The SMILES string of the molecule is COc1ccc(N(Cc2cnccc2C)C2CCN(C(C)CCNC(=O)c3c(C)c(C)c(C(N)=O)c(C)c3C)CC2)cc1. The summed E-state index contributed by atoms with van der Waals surface area (Å²) in [5.74, 6) is 0.310. The summed E-state index contributed by atoms with van der Waals surface area (Å²) < 4.78 is 5.40. The smallest absolute Gasteiger partial charge is 0.251 e. The molecule has 1 unspecified atom stereocenters. The Balaban J connectivity index is 1.36. The molecule has 0 bridgehead atoms. The predicted octanol–water partition coefficient (Wildman–Crippen LogP) is 5.41. The lowest BCUT2D eigenvalue weighted by Gasteiger charge is -2.42. The molecule has 0 aliphatic carbocycles. The van der Waals surface area contributed by atoms with Crippen LogP contribution < -0.4 is 20.7 Å². The number of primary amides is 1. The van der Waals surface area contributed by atoms with E-state index in [0.717, 1.165) is 66.9 Å². The molecule has 4 rings (SSSR count). The van der Waals surface area contributed by atoms with Crippen molar-refractivity contribution >= 4 is 17.5 Å². The number of hydrogen-bond donors (Lipinski definition) is 2. The lowest BCUT2D eigenvalue weighted by Crippen LogP contribution is -2.48. The molecule has 1 saturated heterocycles. The van der Waals surface area contributed by atoms with E-state index in [0.29, 0.717) is 29.8 Å². The lowest BCUT2D eigenvalue weighted by atomic mass is 9.88. The van der Waals surface area contributed by atoms with Gasteiger partial charge in [0.1, 0.15) is 5.75 Å². The number of pyridine rings is 1. The Labute approximate surface area is 256 Å². The van der Waals surface area contributed by atoms with Crippen molar-refractivity contribution in [2.75, 3.05) is 31.6 Å². The zero-order chi connectivity index (χ0) is 31.3. The Morgan fingerprint density at radius 3 is 2.16 bits per heavy atom. The molecule has 0 spiro atoms. The number of amides is 2. The molecule has 1 aromatic heterocycles. The number of nitrogens with two attached hydrogens (primary N) is 1. The third-order valence-corrected chi connectivity index (χ3v) is 9.40. The van der Waals surface area contributed by atoms with E-state index in [1.54, 1.807) is 7.11 Å². The molecule has 230 valence electrons. The fourth-order valence-corrected chi connectivity index (χ4v) is 6.38. The van der Waals surface area contributed by atoms with E-state index in [1.165, 1.54) is 16.8 Å². The van der Waals surface area contributed by atoms with Crippen LogP contribution in [0.4, 0.5) is 5.69 Å². The number of hydrogen-bond acceptors (Lipinski definition) is 6. The number of ether oxygens (including phenoxy) is 1. The second kappa shape index (κ2) is 14.0. The number of methoxy groups -OCH3 is 1. The summed E-state index contributed by atoms with van der Waals surface area (Å²) in [5.41, 5.74) is 13.6. The number of carbonyl (C=O) groups is 2. The van der Waals surface area contributed by atoms with Crippen LogP contribution in [0.1, 0.15) is 80.3 Å². The number of nitrogens with one attached hydrogen (secondary N) is 1. The minimum Gasteiger partial charge on any atom is -0.497 e. The highest BCUT2D eigenvalue weighted by atomic mass is 16.5. The van der Waals surface area contributed by atoms with Crippen molar-refractivity contribution in [3.05, 3.63) is 87.2 Å². The molecule has 1 aliphatic heterocycles. The van der Waals surface area contributed by atoms with Gasteiger partial charge in [-0.05, 0) is 125 Å². The van der Waals surface area contributed by atoms with Gasteiger partial charge in [-0.3, -0.25) is 14.6 Å². The summed E-state index contributed by atoms with van der Waals surface area (Å²) in [6, 6.07) is 11.2. The van der Waals surface area contributed by atoms with E-state index in [2.05, 4.69) is 52.1 Å².